The highest BCUT2D eigenvalue weighted by atomic mass is 16.6. The number of rotatable bonds is 2. The summed E-state index contributed by atoms with van der Waals surface area (Å²) in [5.74, 6) is -0.540. The van der Waals surface area contributed by atoms with Crippen molar-refractivity contribution >= 4 is 5.97 Å². The van der Waals surface area contributed by atoms with Crippen LogP contribution in [0.25, 0.3) is 0 Å². The smallest absolute Gasteiger partial charge is 0.161 e. The fourth-order valence-electron chi connectivity index (χ4n) is 1.37. The van der Waals surface area contributed by atoms with Gasteiger partial charge in [0, 0.05) is 0 Å². The summed E-state index contributed by atoms with van der Waals surface area (Å²) in [6, 6.07) is 4.47. The minimum atomic E-state index is -1.64. The van der Waals surface area contributed by atoms with Crippen LogP contribution in [0, 0.1) is 0 Å². The van der Waals surface area contributed by atoms with E-state index >= 15 is 0 Å². The Kier molecular flexibility index (Phi) is 2.47. The van der Waals surface area contributed by atoms with Gasteiger partial charge in [0.1, 0.15) is 19.3 Å². The topological polar surface area (TPSA) is 78.8 Å². The number of carbonyl (C=O) groups is 1. The van der Waals surface area contributed by atoms with E-state index in [4.69, 9.17) is 9.47 Å². The van der Waals surface area contributed by atoms with Gasteiger partial charge in [-0.15, -0.1) is 0 Å². The molecule has 1 aliphatic rings. The molecule has 0 radical (unpaired) electrons. The van der Waals surface area contributed by atoms with Crippen LogP contribution >= 0.6 is 0 Å². The zero-order valence-electron chi connectivity index (χ0n) is 7.80. The number of aliphatic hydroxyl groups is 1. The quantitative estimate of drug-likeness (QED) is 0.692. The molecule has 5 heteroatoms. The van der Waals surface area contributed by atoms with Gasteiger partial charge < -0.3 is 24.5 Å². The maximum atomic E-state index is 10.4. The Morgan fingerprint density at radius 2 is 2.00 bits per heavy atom. The highest BCUT2D eigenvalue weighted by Crippen LogP contribution is 2.32. The molecule has 0 aromatic heterocycles. The molecule has 0 spiro atoms. The van der Waals surface area contributed by atoms with Crippen molar-refractivity contribution in [1.82, 2.24) is 0 Å². The van der Waals surface area contributed by atoms with E-state index in [2.05, 4.69) is 0 Å². The number of hydrogen-bond donors (Lipinski definition) is 1. The first-order valence-electron chi connectivity index (χ1n) is 4.47. The second kappa shape index (κ2) is 3.78. The lowest BCUT2D eigenvalue weighted by molar-refractivity contribution is -0.315. The van der Waals surface area contributed by atoms with Crippen molar-refractivity contribution < 1.29 is 24.5 Å². The molecule has 15 heavy (non-hydrogen) atoms. The van der Waals surface area contributed by atoms with Gasteiger partial charge in [0.2, 0.25) is 0 Å². The van der Waals surface area contributed by atoms with E-state index in [9.17, 15) is 15.0 Å². The second-order valence-corrected chi connectivity index (χ2v) is 3.12. The first kappa shape index (κ1) is 9.79. The third-order valence-corrected chi connectivity index (χ3v) is 2.11. The lowest BCUT2D eigenvalue weighted by Crippen LogP contribution is -2.29. The molecule has 1 unspecified atom stereocenters. The van der Waals surface area contributed by atoms with Crippen LogP contribution in [0.2, 0.25) is 0 Å². The van der Waals surface area contributed by atoms with Crippen molar-refractivity contribution in [2.45, 2.75) is 6.10 Å². The molecule has 1 aromatic rings. The van der Waals surface area contributed by atoms with Gasteiger partial charge in [0.25, 0.3) is 0 Å². The largest absolute Gasteiger partial charge is 0.547 e. The molecule has 0 saturated carbocycles. The number of fused-ring (bicyclic) bond motifs is 1. The van der Waals surface area contributed by atoms with Gasteiger partial charge in [-0.1, -0.05) is 6.07 Å². The van der Waals surface area contributed by atoms with Gasteiger partial charge in [-0.25, -0.2) is 0 Å². The monoisotopic (exact) mass is 209 g/mol. The molecule has 1 aromatic carbocycles. The summed E-state index contributed by atoms with van der Waals surface area (Å²) < 4.78 is 10.5. The molecule has 1 aliphatic heterocycles. The molecule has 0 bridgehead atoms. The Hall–Kier alpha value is -1.75. The maximum absolute atomic E-state index is 10.4. The summed E-state index contributed by atoms with van der Waals surface area (Å²) in [4.78, 5) is 10.4. The molecule has 0 saturated heterocycles. The maximum Gasteiger partial charge on any atom is 0.161 e. The molecular formula is C10H9O5-. The Morgan fingerprint density at radius 3 is 2.67 bits per heavy atom. The van der Waals surface area contributed by atoms with E-state index in [0.29, 0.717) is 24.7 Å². The predicted molar refractivity (Wildman–Crippen MR) is 47.4 cm³/mol. The summed E-state index contributed by atoms with van der Waals surface area (Å²) in [7, 11) is 0. The van der Waals surface area contributed by atoms with Crippen LogP contribution in [0.4, 0.5) is 0 Å². The number of aliphatic carboxylic acids is 1. The lowest BCUT2D eigenvalue weighted by atomic mass is 10.1. The number of carboxylic acid groups (broad SMARTS) is 1. The number of carbonyl (C=O) groups excluding carboxylic acids is 1. The third kappa shape index (κ3) is 1.87. The summed E-state index contributed by atoms with van der Waals surface area (Å²) in [5.41, 5.74) is 0.222. The standard InChI is InChI=1S/C10H10O5/c11-9(10(12)13)6-1-2-7-8(5-6)15-4-3-14-7/h1-2,5,9,11H,3-4H2,(H,12,13)/p-1. The van der Waals surface area contributed by atoms with Crippen molar-refractivity contribution in [3.63, 3.8) is 0 Å². The first-order chi connectivity index (χ1) is 7.18. The number of benzene rings is 1. The van der Waals surface area contributed by atoms with Gasteiger partial charge in [-0.3, -0.25) is 0 Å². The fraction of sp³-hybridized carbons (Fsp3) is 0.300. The summed E-state index contributed by atoms with van der Waals surface area (Å²) in [6.07, 6.45) is -1.64. The molecule has 1 atom stereocenters. The molecule has 0 amide bonds. The van der Waals surface area contributed by atoms with E-state index in [1.807, 2.05) is 0 Å². The van der Waals surface area contributed by atoms with Crippen LogP contribution in [0.1, 0.15) is 11.7 Å². The molecule has 0 fully saturated rings. The van der Waals surface area contributed by atoms with Crippen molar-refractivity contribution in [2.75, 3.05) is 13.2 Å². The van der Waals surface area contributed by atoms with Crippen molar-refractivity contribution in [3.05, 3.63) is 23.8 Å². The lowest BCUT2D eigenvalue weighted by Gasteiger charge is -2.20. The Morgan fingerprint density at radius 1 is 1.33 bits per heavy atom. The molecule has 1 heterocycles. The number of carboxylic acids is 1. The van der Waals surface area contributed by atoms with Gasteiger partial charge in [-0.2, -0.15) is 0 Å². The number of aliphatic hydroxyl groups excluding tert-OH is 1. The Labute approximate surface area is 85.9 Å². The van der Waals surface area contributed by atoms with Gasteiger partial charge in [0.05, 0.1) is 5.97 Å². The molecule has 0 aliphatic carbocycles. The first-order valence-corrected chi connectivity index (χ1v) is 4.47. The van der Waals surface area contributed by atoms with E-state index in [1.165, 1.54) is 12.1 Å². The molecular weight excluding hydrogens is 200 g/mol. The molecule has 1 N–H and O–H groups in total. The van der Waals surface area contributed by atoms with Gasteiger partial charge >= 0.3 is 0 Å². The van der Waals surface area contributed by atoms with E-state index in [-0.39, 0.29) is 5.56 Å². The zero-order valence-corrected chi connectivity index (χ0v) is 7.80. The third-order valence-electron chi connectivity index (χ3n) is 2.11. The minimum Gasteiger partial charge on any atom is -0.547 e. The SMILES string of the molecule is O=C([O-])C(O)c1ccc2c(c1)OCCO2. The number of ether oxygens (including phenoxy) is 2. The molecule has 2 rings (SSSR count). The van der Waals surface area contributed by atoms with Crippen molar-refractivity contribution in [3.8, 4) is 11.5 Å². The number of hydrogen-bond acceptors (Lipinski definition) is 5. The van der Waals surface area contributed by atoms with Crippen LogP contribution < -0.4 is 14.6 Å². The fourth-order valence-corrected chi connectivity index (χ4v) is 1.37. The average Bonchev–Trinajstić information content (AvgIpc) is 2.27. The molecule has 5 nitrogen and oxygen atoms in total. The predicted octanol–water partition coefficient (Wildman–Crippen LogP) is -0.759. The minimum absolute atomic E-state index is 0.222. The normalized spacial score (nSPS) is 15.8. The van der Waals surface area contributed by atoms with Crippen molar-refractivity contribution in [2.24, 2.45) is 0 Å². The summed E-state index contributed by atoms with van der Waals surface area (Å²) >= 11 is 0. The van der Waals surface area contributed by atoms with Crippen LogP contribution in [0.3, 0.4) is 0 Å². The molecule has 80 valence electrons. The van der Waals surface area contributed by atoms with E-state index < -0.39 is 12.1 Å². The van der Waals surface area contributed by atoms with Gasteiger partial charge in [-0.05, 0) is 17.7 Å². The van der Waals surface area contributed by atoms with Crippen molar-refractivity contribution in [1.29, 1.82) is 0 Å². The van der Waals surface area contributed by atoms with E-state index in [0.717, 1.165) is 0 Å². The Bertz CT molecular complexity index is 387. The van der Waals surface area contributed by atoms with Crippen LogP contribution in [0.15, 0.2) is 18.2 Å². The Balaban J connectivity index is 2.31. The summed E-state index contributed by atoms with van der Waals surface area (Å²) in [6.45, 7) is 0.882. The second-order valence-electron chi connectivity index (χ2n) is 3.12. The zero-order chi connectivity index (χ0) is 10.8. The average molecular weight is 209 g/mol. The van der Waals surface area contributed by atoms with Gasteiger partial charge in [0.15, 0.2) is 11.5 Å². The van der Waals surface area contributed by atoms with Crippen LogP contribution in [-0.2, 0) is 4.79 Å². The highest BCUT2D eigenvalue weighted by Gasteiger charge is 2.15. The highest BCUT2D eigenvalue weighted by molar-refractivity contribution is 5.72. The van der Waals surface area contributed by atoms with Crippen LogP contribution in [0.5, 0.6) is 11.5 Å². The summed E-state index contributed by atoms with van der Waals surface area (Å²) in [5, 5.41) is 19.7. The van der Waals surface area contributed by atoms with E-state index in [1.54, 1.807) is 6.07 Å². The van der Waals surface area contributed by atoms with Crippen LogP contribution in [-0.4, -0.2) is 24.3 Å².